The number of thioether (sulfide) groups is 1. The van der Waals surface area contributed by atoms with Crippen molar-refractivity contribution in [1.29, 1.82) is 0 Å². The lowest BCUT2D eigenvalue weighted by atomic mass is 10.3. The SMILES string of the molecule is CC(C)(C)Sc1ccc(N2CCNCC2)nc1. The first-order chi connectivity index (χ1) is 8.04. The van der Waals surface area contributed by atoms with Crippen molar-refractivity contribution in [1.82, 2.24) is 10.3 Å². The molecular formula is C13H21N3S. The zero-order valence-corrected chi connectivity index (χ0v) is 11.7. The molecule has 1 fully saturated rings. The maximum Gasteiger partial charge on any atom is 0.128 e. The number of pyridine rings is 1. The van der Waals surface area contributed by atoms with Crippen LogP contribution in [0.15, 0.2) is 23.2 Å². The van der Waals surface area contributed by atoms with Crippen molar-refractivity contribution >= 4 is 17.6 Å². The van der Waals surface area contributed by atoms with Crippen molar-refractivity contribution in [2.45, 2.75) is 30.4 Å². The summed E-state index contributed by atoms with van der Waals surface area (Å²) in [6, 6.07) is 4.32. The summed E-state index contributed by atoms with van der Waals surface area (Å²) in [5, 5.41) is 3.35. The smallest absolute Gasteiger partial charge is 0.128 e. The summed E-state index contributed by atoms with van der Waals surface area (Å²) in [7, 11) is 0. The summed E-state index contributed by atoms with van der Waals surface area (Å²) in [5.74, 6) is 1.10. The van der Waals surface area contributed by atoms with Gasteiger partial charge < -0.3 is 10.2 Å². The second kappa shape index (κ2) is 5.27. The third-order valence-corrected chi connectivity index (χ3v) is 3.68. The Balaban J connectivity index is 2.02. The fourth-order valence-corrected chi connectivity index (χ4v) is 2.82. The molecule has 94 valence electrons. The second-order valence-electron chi connectivity index (χ2n) is 5.30. The van der Waals surface area contributed by atoms with Crippen molar-refractivity contribution in [2.75, 3.05) is 31.1 Å². The molecule has 0 aliphatic carbocycles. The Morgan fingerprint density at radius 2 is 1.94 bits per heavy atom. The fourth-order valence-electron chi connectivity index (χ4n) is 1.87. The molecule has 3 nitrogen and oxygen atoms in total. The van der Waals surface area contributed by atoms with Gasteiger partial charge in [0.1, 0.15) is 5.82 Å². The van der Waals surface area contributed by atoms with Crippen LogP contribution in [0.4, 0.5) is 5.82 Å². The Kier molecular flexibility index (Phi) is 3.94. The highest BCUT2D eigenvalue weighted by atomic mass is 32.2. The summed E-state index contributed by atoms with van der Waals surface area (Å²) in [6.45, 7) is 10.9. The van der Waals surface area contributed by atoms with E-state index in [-0.39, 0.29) is 4.75 Å². The molecule has 0 bridgehead atoms. The van der Waals surface area contributed by atoms with Gasteiger partial charge in [0.25, 0.3) is 0 Å². The van der Waals surface area contributed by atoms with E-state index in [4.69, 9.17) is 0 Å². The molecule has 0 aromatic carbocycles. The molecule has 1 N–H and O–H groups in total. The third kappa shape index (κ3) is 3.89. The average molecular weight is 251 g/mol. The maximum atomic E-state index is 4.56. The van der Waals surface area contributed by atoms with E-state index in [1.165, 1.54) is 4.90 Å². The fraction of sp³-hybridized carbons (Fsp3) is 0.615. The summed E-state index contributed by atoms with van der Waals surface area (Å²) in [5.41, 5.74) is 0. The van der Waals surface area contributed by atoms with E-state index in [0.29, 0.717) is 0 Å². The lowest BCUT2D eigenvalue weighted by Gasteiger charge is -2.28. The van der Waals surface area contributed by atoms with Gasteiger partial charge in [-0.2, -0.15) is 0 Å². The Hall–Kier alpha value is -0.740. The van der Waals surface area contributed by atoms with Crippen LogP contribution >= 0.6 is 11.8 Å². The van der Waals surface area contributed by atoms with Crippen LogP contribution in [0.5, 0.6) is 0 Å². The van der Waals surface area contributed by atoms with E-state index in [0.717, 1.165) is 32.0 Å². The molecule has 0 amide bonds. The number of hydrogen-bond acceptors (Lipinski definition) is 4. The van der Waals surface area contributed by atoms with Gasteiger partial charge in [-0.15, -0.1) is 11.8 Å². The molecule has 17 heavy (non-hydrogen) atoms. The minimum absolute atomic E-state index is 0.248. The molecule has 0 radical (unpaired) electrons. The van der Waals surface area contributed by atoms with Crippen LogP contribution in [0.3, 0.4) is 0 Å². The van der Waals surface area contributed by atoms with E-state index in [2.05, 4.69) is 48.1 Å². The van der Waals surface area contributed by atoms with Crippen molar-refractivity contribution in [3.05, 3.63) is 18.3 Å². The Morgan fingerprint density at radius 3 is 2.47 bits per heavy atom. The molecule has 1 aliphatic rings. The number of piperazine rings is 1. The first-order valence-electron chi connectivity index (χ1n) is 6.15. The zero-order valence-electron chi connectivity index (χ0n) is 10.9. The number of anilines is 1. The number of hydrogen-bond donors (Lipinski definition) is 1. The van der Waals surface area contributed by atoms with Crippen LogP contribution < -0.4 is 10.2 Å². The molecule has 0 spiro atoms. The van der Waals surface area contributed by atoms with Gasteiger partial charge in [0.05, 0.1) is 0 Å². The molecule has 1 aliphatic heterocycles. The molecule has 2 rings (SSSR count). The Labute approximate surface area is 108 Å². The van der Waals surface area contributed by atoms with Crippen LogP contribution in [0.25, 0.3) is 0 Å². The maximum absolute atomic E-state index is 4.56. The highest BCUT2D eigenvalue weighted by molar-refractivity contribution is 8.00. The third-order valence-electron chi connectivity index (χ3n) is 2.59. The minimum atomic E-state index is 0.248. The predicted molar refractivity (Wildman–Crippen MR) is 74.9 cm³/mol. The topological polar surface area (TPSA) is 28.2 Å². The van der Waals surface area contributed by atoms with E-state index >= 15 is 0 Å². The van der Waals surface area contributed by atoms with Gasteiger partial charge in [0, 0.05) is 42.0 Å². The summed E-state index contributed by atoms with van der Waals surface area (Å²) < 4.78 is 0.248. The van der Waals surface area contributed by atoms with Gasteiger partial charge in [-0.25, -0.2) is 4.98 Å². The summed E-state index contributed by atoms with van der Waals surface area (Å²) in [4.78, 5) is 8.15. The average Bonchev–Trinajstić information content (AvgIpc) is 2.29. The largest absolute Gasteiger partial charge is 0.354 e. The molecule has 0 saturated carbocycles. The van der Waals surface area contributed by atoms with Crippen molar-refractivity contribution < 1.29 is 0 Å². The Bertz CT molecular complexity index is 350. The van der Waals surface area contributed by atoms with E-state index in [9.17, 15) is 0 Å². The standard InChI is InChI=1S/C13H21N3S/c1-13(2,3)17-11-4-5-12(15-10-11)16-8-6-14-7-9-16/h4-5,10,14H,6-9H2,1-3H3. The molecule has 1 saturated heterocycles. The van der Waals surface area contributed by atoms with Gasteiger partial charge in [0.15, 0.2) is 0 Å². The first kappa shape index (κ1) is 12.7. The summed E-state index contributed by atoms with van der Waals surface area (Å²) in [6.07, 6.45) is 1.99. The zero-order chi connectivity index (χ0) is 12.3. The molecule has 0 atom stereocenters. The highest BCUT2D eigenvalue weighted by Crippen LogP contribution is 2.31. The molecule has 1 aromatic heterocycles. The molecule has 2 heterocycles. The monoisotopic (exact) mass is 251 g/mol. The van der Waals surface area contributed by atoms with E-state index in [1.54, 1.807) is 0 Å². The van der Waals surface area contributed by atoms with Gasteiger partial charge >= 0.3 is 0 Å². The van der Waals surface area contributed by atoms with Gasteiger partial charge in [-0.3, -0.25) is 0 Å². The highest BCUT2D eigenvalue weighted by Gasteiger charge is 2.14. The summed E-state index contributed by atoms with van der Waals surface area (Å²) >= 11 is 1.86. The second-order valence-corrected chi connectivity index (χ2v) is 7.20. The van der Waals surface area contributed by atoms with Crippen LogP contribution in [-0.4, -0.2) is 35.9 Å². The van der Waals surface area contributed by atoms with Crippen LogP contribution in [0.2, 0.25) is 0 Å². The lowest BCUT2D eigenvalue weighted by Crippen LogP contribution is -2.43. The number of nitrogens with one attached hydrogen (secondary N) is 1. The quantitative estimate of drug-likeness (QED) is 0.817. The number of nitrogens with zero attached hydrogens (tertiary/aromatic N) is 2. The van der Waals surface area contributed by atoms with Crippen molar-refractivity contribution in [2.24, 2.45) is 0 Å². The predicted octanol–water partition coefficient (Wildman–Crippen LogP) is 2.38. The molecule has 0 unspecified atom stereocenters. The van der Waals surface area contributed by atoms with E-state index in [1.807, 2.05) is 18.0 Å². The van der Waals surface area contributed by atoms with Crippen LogP contribution in [0.1, 0.15) is 20.8 Å². The van der Waals surface area contributed by atoms with E-state index < -0.39 is 0 Å². The normalized spacial score (nSPS) is 17.2. The first-order valence-corrected chi connectivity index (χ1v) is 6.97. The van der Waals surface area contributed by atoms with Gasteiger partial charge in [-0.05, 0) is 12.1 Å². The van der Waals surface area contributed by atoms with Crippen LogP contribution in [-0.2, 0) is 0 Å². The number of aromatic nitrogens is 1. The lowest BCUT2D eigenvalue weighted by molar-refractivity contribution is 0.585. The van der Waals surface area contributed by atoms with Gasteiger partial charge in [0.2, 0.25) is 0 Å². The molecule has 4 heteroatoms. The number of rotatable bonds is 2. The minimum Gasteiger partial charge on any atom is -0.354 e. The van der Waals surface area contributed by atoms with Crippen LogP contribution in [0, 0.1) is 0 Å². The van der Waals surface area contributed by atoms with Crippen molar-refractivity contribution in [3.8, 4) is 0 Å². The molecular weight excluding hydrogens is 230 g/mol. The molecule has 1 aromatic rings. The van der Waals surface area contributed by atoms with Gasteiger partial charge in [-0.1, -0.05) is 20.8 Å². The van der Waals surface area contributed by atoms with Crippen molar-refractivity contribution in [3.63, 3.8) is 0 Å². The Morgan fingerprint density at radius 1 is 1.24 bits per heavy atom.